The highest BCUT2D eigenvalue weighted by molar-refractivity contribution is 7.11. The number of hydrogen-bond acceptors (Lipinski definition) is 11. The molecule has 5 atom stereocenters. The molecule has 226 valence electrons. The average molecular weight is 649 g/mol. The summed E-state index contributed by atoms with van der Waals surface area (Å²) in [5, 5.41) is 9.84. The van der Waals surface area contributed by atoms with Crippen molar-refractivity contribution in [2.75, 3.05) is 20.3 Å². The topological polar surface area (TPSA) is 135 Å². The van der Waals surface area contributed by atoms with Gasteiger partial charge in [0.1, 0.15) is 34.6 Å². The van der Waals surface area contributed by atoms with Crippen molar-refractivity contribution in [3.8, 4) is 5.69 Å². The van der Waals surface area contributed by atoms with Gasteiger partial charge in [-0.05, 0) is 31.2 Å². The minimum Gasteiger partial charge on any atom is -0.461 e. The number of carbonyl (C=O) groups is 1. The van der Waals surface area contributed by atoms with E-state index in [1.165, 1.54) is 30.7 Å². The number of esters is 1. The Hall–Kier alpha value is -2.92. The number of nitrogens with one attached hydrogen (secondary N) is 2. The highest BCUT2D eigenvalue weighted by atomic mass is 35.5. The summed E-state index contributed by atoms with van der Waals surface area (Å²) in [6.07, 6.45) is -6.33. The summed E-state index contributed by atoms with van der Waals surface area (Å²) in [6, 6.07) is 3.76. The molecule has 2 aromatic heterocycles. The van der Waals surface area contributed by atoms with Crippen LogP contribution >= 0.6 is 34.5 Å². The number of nitrogens with zero attached hydrogens (tertiary/aromatic N) is 3. The van der Waals surface area contributed by atoms with Gasteiger partial charge in [-0.2, -0.15) is 23.8 Å². The maximum absolute atomic E-state index is 14.1. The maximum Gasteiger partial charge on any atom is 0.418 e. The molecule has 0 saturated carbocycles. The van der Waals surface area contributed by atoms with Crippen molar-refractivity contribution >= 4 is 46.2 Å². The zero-order valence-electron chi connectivity index (χ0n) is 22.0. The summed E-state index contributed by atoms with van der Waals surface area (Å²) in [5.74, 6) is -0.825. The maximum atomic E-state index is 14.1. The Morgan fingerprint density at radius 2 is 2.14 bits per heavy atom. The Labute approximate surface area is 251 Å². The quantitative estimate of drug-likeness (QED) is 0.306. The number of fused-ring (bicyclic) bond motifs is 1. The van der Waals surface area contributed by atoms with Crippen LogP contribution < -0.4 is 16.5 Å². The van der Waals surface area contributed by atoms with Crippen molar-refractivity contribution in [2.24, 2.45) is 5.73 Å². The van der Waals surface area contributed by atoms with E-state index in [-0.39, 0.29) is 35.3 Å². The first-order valence-corrected chi connectivity index (χ1v) is 14.2. The number of nitrogens with two attached hydrogens (primary N) is 1. The summed E-state index contributed by atoms with van der Waals surface area (Å²) in [6.45, 7) is 1.90. The normalized spacial score (nSPS) is 24.5. The van der Waals surface area contributed by atoms with Gasteiger partial charge in [-0.1, -0.05) is 23.2 Å². The molecule has 11 nitrogen and oxygen atoms in total. The van der Waals surface area contributed by atoms with Crippen LogP contribution in [0, 0.1) is 0 Å². The van der Waals surface area contributed by atoms with Crippen LogP contribution in [0.3, 0.4) is 0 Å². The first-order valence-electron chi connectivity index (χ1n) is 12.6. The zero-order valence-corrected chi connectivity index (χ0v) is 24.4. The number of carbonyl (C=O) groups excluding carboxylic acids is 1. The molecule has 5 unspecified atom stereocenters. The molecule has 4 N–H and O–H groups in total. The van der Waals surface area contributed by atoms with E-state index in [1.54, 1.807) is 12.3 Å². The van der Waals surface area contributed by atoms with Gasteiger partial charge in [0, 0.05) is 23.7 Å². The Bertz CT molecular complexity index is 1480. The van der Waals surface area contributed by atoms with Crippen LogP contribution in [-0.4, -0.2) is 65.3 Å². The van der Waals surface area contributed by atoms with E-state index in [1.807, 2.05) is 0 Å². The molecule has 0 amide bonds. The highest BCUT2D eigenvalue weighted by Crippen LogP contribution is 2.40. The summed E-state index contributed by atoms with van der Waals surface area (Å²) in [4.78, 5) is 22.6. The van der Waals surface area contributed by atoms with Crippen LogP contribution in [-0.2, 0) is 25.2 Å². The SMILES string of the molecule is CCOC(=O)c1cc(C2OC3CNOC3C(N/C=C(\N)c3nc(Cl)cs3)C2OC)n(-c2cc(Cl)ccc2C(F)(F)F)n1. The van der Waals surface area contributed by atoms with Crippen molar-refractivity contribution in [1.29, 1.82) is 0 Å². The summed E-state index contributed by atoms with van der Waals surface area (Å²) >= 11 is 13.3. The van der Waals surface area contributed by atoms with E-state index < -0.39 is 53.9 Å². The average Bonchev–Trinajstić information content (AvgIpc) is 3.70. The fourth-order valence-corrected chi connectivity index (χ4v) is 5.88. The van der Waals surface area contributed by atoms with E-state index in [4.69, 9.17) is 48.0 Å². The number of thiazole rings is 1. The van der Waals surface area contributed by atoms with E-state index in [0.29, 0.717) is 10.2 Å². The lowest BCUT2D eigenvalue weighted by atomic mass is 9.90. The van der Waals surface area contributed by atoms with E-state index in [9.17, 15) is 18.0 Å². The van der Waals surface area contributed by atoms with Crippen LogP contribution in [0.4, 0.5) is 13.2 Å². The number of alkyl halides is 3. The minimum absolute atomic E-state index is 0.0286. The number of hydroxylamine groups is 1. The summed E-state index contributed by atoms with van der Waals surface area (Å²) in [7, 11) is 1.42. The first kappa shape index (κ1) is 30.5. The first-order chi connectivity index (χ1) is 20.0. The Morgan fingerprint density at radius 3 is 2.81 bits per heavy atom. The van der Waals surface area contributed by atoms with Gasteiger partial charge in [0.05, 0.1) is 41.8 Å². The molecular weight excluding hydrogens is 624 g/mol. The van der Waals surface area contributed by atoms with Crippen LogP contribution in [0.1, 0.15) is 39.8 Å². The molecule has 5 rings (SSSR count). The summed E-state index contributed by atoms with van der Waals surface area (Å²) in [5.41, 5.74) is 7.73. The van der Waals surface area contributed by atoms with Gasteiger partial charge in [0.2, 0.25) is 0 Å². The fraction of sp³-hybridized carbons (Fsp3) is 0.400. The number of halogens is 5. The fourth-order valence-electron chi connectivity index (χ4n) is 4.84. The van der Waals surface area contributed by atoms with Crippen LogP contribution in [0.25, 0.3) is 11.4 Å². The molecule has 1 aromatic carbocycles. The molecular formula is C25H25Cl2F3N6O5S. The number of methoxy groups -OCH3 is 1. The Kier molecular flexibility index (Phi) is 8.99. The zero-order chi connectivity index (χ0) is 30.2. The smallest absolute Gasteiger partial charge is 0.418 e. The second-order valence-corrected chi connectivity index (χ2v) is 10.9. The molecule has 42 heavy (non-hydrogen) atoms. The molecule has 2 aliphatic heterocycles. The molecule has 4 heterocycles. The molecule has 0 radical (unpaired) electrons. The van der Waals surface area contributed by atoms with E-state index in [0.717, 1.165) is 22.9 Å². The molecule has 3 aromatic rings. The van der Waals surface area contributed by atoms with Gasteiger partial charge in [0.25, 0.3) is 0 Å². The third-order valence-corrected chi connectivity index (χ3v) is 8.08. The van der Waals surface area contributed by atoms with Crippen molar-refractivity contribution in [1.82, 2.24) is 25.6 Å². The molecule has 0 spiro atoms. The number of hydrogen-bond donors (Lipinski definition) is 3. The number of aromatic nitrogens is 3. The third kappa shape index (κ3) is 6.08. The lowest BCUT2D eigenvalue weighted by molar-refractivity contribution is -0.182. The van der Waals surface area contributed by atoms with Gasteiger partial charge >= 0.3 is 12.1 Å². The highest BCUT2D eigenvalue weighted by Gasteiger charge is 2.51. The lowest BCUT2D eigenvalue weighted by Gasteiger charge is -2.42. The van der Waals surface area contributed by atoms with Gasteiger partial charge in [-0.25, -0.2) is 14.5 Å². The molecule has 2 saturated heterocycles. The van der Waals surface area contributed by atoms with Crippen molar-refractivity contribution in [2.45, 2.75) is 43.6 Å². The van der Waals surface area contributed by atoms with Crippen LogP contribution in [0.5, 0.6) is 0 Å². The third-order valence-electron chi connectivity index (χ3n) is 6.63. The monoisotopic (exact) mass is 648 g/mol. The molecule has 0 aliphatic carbocycles. The van der Waals surface area contributed by atoms with Gasteiger partial charge in [0.15, 0.2) is 5.69 Å². The van der Waals surface area contributed by atoms with Gasteiger partial charge < -0.3 is 25.3 Å². The van der Waals surface area contributed by atoms with E-state index >= 15 is 0 Å². The second-order valence-electron chi connectivity index (χ2n) is 9.24. The summed E-state index contributed by atoms with van der Waals surface area (Å²) < 4.78 is 60.6. The predicted octanol–water partition coefficient (Wildman–Crippen LogP) is 4.10. The number of ether oxygens (including phenoxy) is 3. The van der Waals surface area contributed by atoms with Crippen molar-refractivity contribution in [3.63, 3.8) is 0 Å². The number of benzene rings is 1. The predicted molar refractivity (Wildman–Crippen MR) is 147 cm³/mol. The molecule has 2 aliphatic rings. The molecule has 0 bridgehead atoms. The van der Waals surface area contributed by atoms with Crippen molar-refractivity contribution < 1.29 is 37.0 Å². The van der Waals surface area contributed by atoms with Crippen molar-refractivity contribution in [3.05, 3.63) is 68.0 Å². The van der Waals surface area contributed by atoms with Crippen LogP contribution in [0.15, 0.2) is 35.8 Å². The minimum atomic E-state index is -4.76. The molecule has 17 heteroatoms. The molecule has 2 fully saturated rings. The standard InChI is InChI=1S/C25H25Cl2F3N6O5S/c1-3-39-24(37)14-7-16(36(35-14)15-6-11(26)4-5-12(15)25(28,29)30)20-22(38-2)19(21-17(40-20)9-33-41-21)32-8-13(31)23-34-18(27)10-42-23/h4-8,10,17,19-22,32-33H,3,9,31H2,1-2H3/b13-8-. The Balaban J connectivity index is 1.60. The number of rotatable bonds is 8. The lowest BCUT2D eigenvalue weighted by Crippen LogP contribution is -2.59. The second kappa shape index (κ2) is 12.4. The largest absolute Gasteiger partial charge is 0.461 e. The van der Waals surface area contributed by atoms with Gasteiger partial charge in [-0.3, -0.25) is 4.84 Å². The van der Waals surface area contributed by atoms with Crippen LogP contribution in [0.2, 0.25) is 10.2 Å². The van der Waals surface area contributed by atoms with E-state index in [2.05, 4.69) is 20.9 Å². The van der Waals surface area contributed by atoms with Gasteiger partial charge in [-0.15, -0.1) is 11.3 Å². The Morgan fingerprint density at radius 1 is 1.36 bits per heavy atom.